The maximum absolute atomic E-state index is 13.0. The predicted molar refractivity (Wildman–Crippen MR) is 191 cm³/mol. The van der Waals surface area contributed by atoms with Crippen LogP contribution in [-0.2, 0) is 14.3 Å². The van der Waals surface area contributed by atoms with Gasteiger partial charge < -0.3 is 19.8 Å². The van der Waals surface area contributed by atoms with E-state index in [0.29, 0.717) is 51.6 Å². The molecule has 0 rings (SSSR count). The van der Waals surface area contributed by atoms with Crippen LogP contribution in [0.5, 0.6) is 0 Å². The zero-order valence-electron chi connectivity index (χ0n) is 30.9. The molecule has 0 aromatic carbocycles. The van der Waals surface area contributed by atoms with E-state index >= 15 is 0 Å². The van der Waals surface area contributed by atoms with Gasteiger partial charge in [0.1, 0.15) is 5.60 Å². The summed E-state index contributed by atoms with van der Waals surface area (Å²) in [6, 6.07) is 0. The number of amides is 1. The average molecular weight is 654 g/mol. The largest absolute Gasteiger partial charge is 0.481 e. The molecule has 7 nitrogen and oxygen atoms in total. The van der Waals surface area contributed by atoms with Gasteiger partial charge in [0.05, 0.1) is 11.8 Å². The van der Waals surface area contributed by atoms with Crippen LogP contribution in [0.4, 0.5) is 4.79 Å². The third-order valence-corrected chi connectivity index (χ3v) is 9.12. The van der Waals surface area contributed by atoms with Crippen LogP contribution < -0.4 is 0 Å². The van der Waals surface area contributed by atoms with Crippen molar-refractivity contribution >= 4 is 18.0 Å². The minimum atomic E-state index is -0.754. The van der Waals surface area contributed by atoms with Crippen LogP contribution in [0.25, 0.3) is 0 Å². The van der Waals surface area contributed by atoms with E-state index < -0.39 is 35.5 Å². The minimum Gasteiger partial charge on any atom is -0.481 e. The first kappa shape index (κ1) is 44.2. The molecule has 0 aliphatic heterocycles. The van der Waals surface area contributed by atoms with Crippen molar-refractivity contribution in [3.05, 3.63) is 0 Å². The lowest BCUT2D eigenvalue weighted by Gasteiger charge is -2.28. The van der Waals surface area contributed by atoms with E-state index in [1.54, 1.807) is 4.90 Å². The first-order valence-electron chi connectivity index (χ1n) is 19.4. The molecule has 7 heteroatoms. The number of aliphatic carboxylic acids is 2. The van der Waals surface area contributed by atoms with Gasteiger partial charge in [0.15, 0.2) is 0 Å². The van der Waals surface area contributed by atoms with Crippen LogP contribution in [0.3, 0.4) is 0 Å². The van der Waals surface area contributed by atoms with E-state index in [2.05, 4.69) is 13.8 Å². The standard InChI is InChI=1S/C39H75NO6/c1-6-8-10-12-14-16-18-20-22-24-28-34(36(41)42)30-26-32-40(38(45)46-39(3,4)5)33-27-31-35(37(43)44)29-25-23-21-19-17-15-13-11-9-7-2/h34-35H,6-33H2,1-5H3,(H,41,42)(H,43,44). The van der Waals surface area contributed by atoms with Gasteiger partial charge in [-0.3, -0.25) is 9.59 Å². The number of ether oxygens (including phenoxy) is 1. The summed E-state index contributed by atoms with van der Waals surface area (Å²) in [6.45, 7) is 10.8. The Kier molecular flexibility index (Phi) is 28.2. The molecular formula is C39H75NO6. The number of nitrogens with zero attached hydrogens (tertiary/aromatic N) is 1. The van der Waals surface area contributed by atoms with Crippen LogP contribution in [0, 0.1) is 11.8 Å². The Hall–Kier alpha value is -1.79. The van der Waals surface area contributed by atoms with Crippen LogP contribution in [-0.4, -0.2) is 51.8 Å². The van der Waals surface area contributed by atoms with Gasteiger partial charge >= 0.3 is 18.0 Å². The number of carbonyl (C=O) groups excluding carboxylic acids is 1. The second kappa shape index (κ2) is 29.4. The van der Waals surface area contributed by atoms with E-state index in [-0.39, 0.29) is 0 Å². The van der Waals surface area contributed by atoms with Crippen molar-refractivity contribution in [2.75, 3.05) is 13.1 Å². The van der Waals surface area contributed by atoms with Crippen LogP contribution >= 0.6 is 0 Å². The molecule has 2 N–H and O–H groups in total. The summed E-state index contributed by atoms with van der Waals surface area (Å²) in [4.78, 5) is 38.5. The van der Waals surface area contributed by atoms with Gasteiger partial charge in [-0.25, -0.2) is 4.79 Å². The highest BCUT2D eigenvalue weighted by atomic mass is 16.6. The number of rotatable bonds is 32. The summed E-state index contributed by atoms with van der Waals surface area (Å²) in [7, 11) is 0. The van der Waals surface area contributed by atoms with Gasteiger partial charge in [0.2, 0.25) is 0 Å². The fourth-order valence-electron chi connectivity index (χ4n) is 6.22. The zero-order valence-corrected chi connectivity index (χ0v) is 30.9. The van der Waals surface area contributed by atoms with E-state index in [1.807, 2.05) is 20.8 Å². The summed E-state index contributed by atoms with van der Waals surface area (Å²) in [5.74, 6) is -2.30. The Morgan fingerprint density at radius 1 is 0.500 bits per heavy atom. The average Bonchev–Trinajstić information content (AvgIpc) is 2.98. The molecule has 0 saturated heterocycles. The summed E-state index contributed by atoms with van der Waals surface area (Å²) >= 11 is 0. The monoisotopic (exact) mass is 654 g/mol. The lowest BCUT2D eigenvalue weighted by molar-refractivity contribution is -0.143. The number of carboxylic acid groups (broad SMARTS) is 2. The fourth-order valence-corrected chi connectivity index (χ4v) is 6.22. The predicted octanol–water partition coefficient (Wildman–Crippen LogP) is 11.8. The van der Waals surface area contributed by atoms with Gasteiger partial charge in [-0.2, -0.15) is 0 Å². The molecule has 0 bridgehead atoms. The van der Waals surface area contributed by atoms with Crippen LogP contribution in [0.1, 0.15) is 202 Å². The molecule has 0 aliphatic carbocycles. The SMILES string of the molecule is CCCCCCCCCCCCC(CCCN(CCCC(CCCCCCCCCCCC)C(=O)O)C(=O)OC(C)(C)C)C(=O)O. The molecule has 1 amide bonds. The number of carbonyl (C=O) groups is 3. The molecule has 0 saturated carbocycles. The maximum Gasteiger partial charge on any atom is 0.410 e. The number of unbranched alkanes of at least 4 members (excludes halogenated alkanes) is 18. The van der Waals surface area contributed by atoms with E-state index in [1.165, 1.54) is 103 Å². The highest BCUT2D eigenvalue weighted by Gasteiger charge is 2.24. The fraction of sp³-hybridized carbons (Fsp3) is 0.923. The van der Waals surface area contributed by atoms with Crippen molar-refractivity contribution in [2.45, 2.75) is 207 Å². The smallest absolute Gasteiger partial charge is 0.410 e. The van der Waals surface area contributed by atoms with Crippen molar-refractivity contribution in [3.8, 4) is 0 Å². The number of carboxylic acids is 2. The maximum atomic E-state index is 13.0. The molecule has 0 aromatic rings. The molecule has 0 radical (unpaired) electrons. The van der Waals surface area contributed by atoms with Crippen molar-refractivity contribution < 1.29 is 29.3 Å². The normalized spacial score (nSPS) is 13.0. The molecule has 2 atom stereocenters. The van der Waals surface area contributed by atoms with Crippen LogP contribution in [0.15, 0.2) is 0 Å². The highest BCUT2D eigenvalue weighted by Crippen LogP contribution is 2.21. The Bertz CT molecular complexity index is 701. The summed E-state index contributed by atoms with van der Waals surface area (Å²) in [5.41, 5.74) is -0.631. The topological polar surface area (TPSA) is 104 Å². The second-order valence-corrected chi connectivity index (χ2v) is 14.8. The quantitative estimate of drug-likeness (QED) is 0.0700. The molecule has 0 aromatic heterocycles. The summed E-state index contributed by atoms with van der Waals surface area (Å²) in [5, 5.41) is 19.6. The Morgan fingerprint density at radius 2 is 0.783 bits per heavy atom. The molecule has 0 spiro atoms. The van der Waals surface area contributed by atoms with Gasteiger partial charge in [-0.15, -0.1) is 0 Å². The third kappa shape index (κ3) is 27.3. The van der Waals surface area contributed by atoms with E-state index in [4.69, 9.17) is 4.74 Å². The first-order chi connectivity index (χ1) is 22.0. The van der Waals surface area contributed by atoms with Gasteiger partial charge in [0, 0.05) is 13.1 Å². The Labute approximate surface area is 284 Å². The van der Waals surface area contributed by atoms with Gasteiger partial charge in [-0.05, 0) is 59.3 Å². The zero-order chi connectivity index (χ0) is 34.5. The molecule has 0 heterocycles. The van der Waals surface area contributed by atoms with E-state index in [9.17, 15) is 24.6 Å². The lowest BCUT2D eigenvalue weighted by atomic mass is 9.95. The van der Waals surface area contributed by atoms with Crippen molar-refractivity contribution in [3.63, 3.8) is 0 Å². The first-order valence-corrected chi connectivity index (χ1v) is 19.4. The Morgan fingerprint density at radius 3 is 1.07 bits per heavy atom. The van der Waals surface area contributed by atoms with E-state index in [0.717, 1.165) is 25.7 Å². The molecule has 272 valence electrons. The number of hydrogen-bond donors (Lipinski definition) is 2. The number of hydrogen-bond acceptors (Lipinski definition) is 4. The van der Waals surface area contributed by atoms with Crippen molar-refractivity contribution in [2.24, 2.45) is 11.8 Å². The third-order valence-electron chi connectivity index (χ3n) is 9.12. The molecule has 0 aliphatic rings. The molecular weight excluding hydrogens is 578 g/mol. The summed E-state index contributed by atoms with van der Waals surface area (Å²) in [6.07, 6.45) is 27.7. The summed E-state index contributed by atoms with van der Waals surface area (Å²) < 4.78 is 5.64. The van der Waals surface area contributed by atoms with Crippen LogP contribution in [0.2, 0.25) is 0 Å². The van der Waals surface area contributed by atoms with Crippen molar-refractivity contribution in [1.29, 1.82) is 0 Å². The molecule has 46 heavy (non-hydrogen) atoms. The molecule has 2 unspecified atom stereocenters. The second-order valence-electron chi connectivity index (χ2n) is 14.8. The lowest BCUT2D eigenvalue weighted by Crippen LogP contribution is -2.38. The van der Waals surface area contributed by atoms with Gasteiger partial charge in [0.25, 0.3) is 0 Å². The molecule has 0 fully saturated rings. The minimum absolute atomic E-state index is 0.396. The van der Waals surface area contributed by atoms with Gasteiger partial charge in [-0.1, -0.05) is 142 Å². The Balaban J connectivity index is 4.57. The highest BCUT2D eigenvalue weighted by molar-refractivity contribution is 5.70. The van der Waals surface area contributed by atoms with Crippen molar-refractivity contribution in [1.82, 2.24) is 4.90 Å².